The van der Waals surface area contributed by atoms with Crippen LogP contribution in [0.1, 0.15) is 39.9 Å². The monoisotopic (exact) mass is 510 g/mol. The fourth-order valence-electron chi connectivity index (χ4n) is 3.95. The van der Waals surface area contributed by atoms with Crippen molar-refractivity contribution in [2.45, 2.75) is 26.2 Å². The Bertz CT molecular complexity index is 1430. The van der Waals surface area contributed by atoms with E-state index in [9.17, 15) is 25.0 Å². The van der Waals surface area contributed by atoms with E-state index in [0.717, 1.165) is 23.3 Å². The van der Waals surface area contributed by atoms with Crippen LogP contribution in [0.2, 0.25) is 5.02 Å². The maximum absolute atomic E-state index is 12.9. The van der Waals surface area contributed by atoms with E-state index in [-0.39, 0.29) is 22.0 Å². The minimum Gasteiger partial charge on any atom is -0.457 e. The van der Waals surface area contributed by atoms with Gasteiger partial charge in [0.05, 0.1) is 10.5 Å². The summed E-state index contributed by atoms with van der Waals surface area (Å²) in [6.45, 7) is 2.13. The maximum Gasteiger partial charge on any atom is 0.288 e. The molecule has 0 saturated heterocycles. The van der Waals surface area contributed by atoms with Gasteiger partial charge in [-0.1, -0.05) is 18.5 Å². The number of thiophene rings is 1. The number of nitriles is 1. The SMILES string of the molecule is CC1CCc2c(sc(NC(=O)C(C#N)=Cc3ccc(-c4ccc(Cl)c([N+](=O)[O-])c4)o3)c2C(N)=O)C1. The van der Waals surface area contributed by atoms with E-state index in [1.165, 1.54) is 35.6 Å². The molecule has 1 atom stereocenters. The number of nitro benzene ring substituents is 1. The van der Waals surface area contributed by atoms with Crippen LogP contribution in [-0.2, 0) is 17.6 Å². The minimum absolute atomic E-state index is 0.00564. The van der Waals surface area contributed by atoms with Gasteiger partial charge < -0.3 is 15.5 Å². The number of nitrogens with one attached hydrogen (secondary N) is 1. The van der Waals surface area contributed by atoms with Crippen molar-refractivity contribution in [1.82, 2.24) is 0 Å². The van der Waals surface area contributed by atoms with Gasteiger partial charge in [-0.2, -0.15) is 5.26 Å². The lowest BCUT2D eigenvalue weighted by molar-refractivity contribution is -0.384. The molecule has 0 spiro atoms. The van der Waals surface area contributed by atoms with Crippen LogP contribution in [0.15, 0.2) is 40.3 Å². The lowest BCUT2D eigenvalue weighted by atomic mass is 9.88. The molecule has 1 aliphatic rings. The zero-order valence-electron chi connectivity index (χ0n) is 18.5. The Kier molecular flexibility index (Phi) is 6.73. The maximum atomic E-state index is 12.9. The summed E-state index contributed by atoms with van der Waals surface area (Å²) in [7, 11) is 0. The van der Waals surface area contributed by atoms with Gasteiger partial charge in [0, 0.05) is 22.6 Å². The van der Waals surface area contributed by atoms with Crippen molar-refractivity contribution in [3.63, 3.8) is 0 Å². The molecular formula is C24H19ClN4O5S. The summed E-state index contributed by atoms with van der Waals surface area (Å²) in [4.78, 5) is 36.5. The van der Waals surface area contributed by atoms with E-state index in [2.05, 4.69) is 12.2 Å². The Morgan fingerprint density at radius 2 is 2.14 bits per heavy atom. The summed E-state index contributed by atoms with van der Waals surface area (Å²) in [5.74, 6) is -0.372. The number of nitrogens with two attached hydrogens (primary N) is 1. The molecule has 0 aliphatic heterocycles. The summed E-state index contributed by atoms with van der Waals surface area (Å²) in [6, 6.07) is 9.15. The average molecular weight is 511 g/mol. The number of carbonyl (C=O) groups excluding carboxylic acids is 2. The van der Waals surface area contributed by atoms with E-state index in [1.54, 1.807) is 12.1 Å². The second-order valence-corrected chi connectivity index (χ2v) is 9.68. The first-order valence-electron chi connectivity index (χ1n) is 10.6. The third kappa shape index (κ3) is 4.96. The summed E-state index contributed by atoms with van der Waals surface area (Å²) in [5, 5.41) is 23.7. The van der Waals surface area contributed by atoms with Gasteiger partial charge in [0.1, 0.15) is 33.2 Å². The summed E-state index contributed by atoms with van der Waals surface area (Å²) >= 11 is 7.16. The number of anilines is 1. The summed E-state index contributed by atoms with van der Waals surface area (Å²) in [6.07, 6.45) is 3.69. The topological polar surface area (TPSA) is 152 Å². The highest BCUT2D eigenvalue weighted by Crippen LogP contribution is 2.39. The first kappa shape index (κ1) is 24.2. The number of furan rings is 1. The number of benzene rings is 1. The van der Waals surface area contributed by atoms with Crippen molar-refractivity contribution in [1.29, 1.82) is 5.26 Å². The summed E-state index contributed by atoms with van der Waals surface area (Å²) in [5.41, 5.74) is 6.65. The fourth-order valence-corrected chi connectivity index (χ4v) is 5.55. The average Bonchev–Trinajstić information content (AvgIpc) is 3.41. The van der Waals surface area contributed by atoms with Crippen LogP contribution < -0.4 is 11.1 Å². The van der Waals surface area contributed by atoms with Gasteiger partial charge in [-0.25, -0.2) is 0 Å². The number of halogens is 1. The van der Waals surface area contributed by atoms with Crippen LogP contribution in [-0.4, -0.2) is 16.7 Å². The van der Waals surface area contributed by atoms with Crippen LogP contribution in [0.25, 0.3) is 17.4 Å². The highest BCUT2D eigenvalue weighted by molar-refractivity contribution is 7.17. The molecule has 3 N–H and O–H groups in total. The Morgan fingerprint density at radius 3 is 2.83 bits per heavy atom. The zero-order chi connectivity index (χ0) is 25.3. The molecule has 4 rings (SSSR count). The van der Waals surface area contributed by atoms with Crippen molar-refractivity contribution in [3.05, 3.63) is 72.8 Å². The van der Waals surface area contributed by atoms with Gasteiger partial charge in [-0.05, 0) is 55.0 Å². The normalized spacial score (nSPS) is 15.2. The molecule has 35 heavy (non-hydrogen) atoms. The highest BCUT2D eigenvalue weighted by Gasteiger charge is 2.28. The predicted molar refractivity (Wildman–Crippen MR) is 132 cm³/mol. The fraction of sp³-hybridized carbons (Fsp3) is 0.208. The van der Waals surface area contributed by atoms with E-state index >= 15 is 0 Å². The number of hydrogen-bond acceptors (Lipinski definition) is 7. The molecule has 0 radical (unpaired) electrons. The predicted octanol–water partition coefficient (Wildman–Crippen LogP) is 5.34. The second kappa shape index (κ2) is 9.74. The standard InChI is InChI=1S/C24H19ClN4O5S/c1-12-2-5-16-20(8-12)35-24(21(16)22(27)30)28-23(31)14(11-26)9-15-4-7-19(34-15)13-3-6-17(25)18(10-13)29(32)33/h3-4,6-7,9-10,12H,2,5,8H2,1H3,(H2,27,30)(H,28,31). The molecule has 2 heterocycles. The van der Waals surface area contributed by atoms with Crippen molar-refractivity contribution in [3.8, 4) is 17.4 Å². The van der Waals surface area contributed by atoms with E-state index in [4.69, 9.17) is 21.8 Å². The highest BCUT2D eigenvalue weighted by atomic mass is 35.5. The molecule has 178 valence electrons. The van der Waals surface area contributed by atoms with Gasteiger partial charge in [-0.15, -0.1) is 11.3 Å². The third-order valence-electron chi connectivity index (χ3n) is 5.69. The quantitative estimate of drug-likeness (QED) is 0.197. The number of nitro groups is 1. The van der Waals surface area contributed by atoms with Crippen LogP contribution in [0.3, 0.4) is 0 Å². The molecule has 11 heteroatoms. The van der Waals surface area contributed by atoms with Gasteiger partial charge in [0.25, 0.3) is 17.5 Å². The van der Waals surface area contributed by atoms with Crippen LogP contribution >= 0.6 is 22.9 Å². The lowest BCUT2D eigenvalue weighted by Crippen LogP contribution is -2.19. The molecule has 0 saturated carbocycles. The molecule has 2 amide bonds. The van der Waals surface area contributed by atoms with Crippen LogP contribution in [0, 0.1) is 27.4 Å². The first-order chi connectivity index (χ1) is 16.7. The van der Waals surface area contributed by atoms with Gasteiger partial charge >= 0.3 is 0 Å². The Hall–Kier alpha value is -3.94. The number of rotatable bonds is 6. The van der Waals surface area contributed by atoms with Gasteiger partial charge in [-0.3, -0.25) is 19.7 Å². The number of fused-ring (bicyclic) bond motifs is 1. The number of hydrogen-bond donors (Lipinski definition) is 2. The van der Waals surface area contributed by atoms with Crippen molar-refractivity contribution < 1.29 is 18.9 Å². The minimum atomic E-state index is -0.707. The van der Waals surface area contributed by atoms with Crippen molar-refractivity contribution in [2.24, 2.45) is 11.7 Å². The van der Waals surface area contributed by atoms with Gasteiger partial charge in [0.2, 0.25) is 0 Å². The van der Waals surface area contributed by atoms with Crippen molar-refractivity contribution >= 4 is 51.5 Å². The number of carbonyl (C=O) groups is 2. The lowest BCUT2D eigenvalue weighted by Gasteiger charge is -2.18. The molecule has 0 fully saturated rings. The number of primary amides is 1. The molecular weight excluding hydrogens is 492 g/mol. The molecule has 1 aromatic carbocycles. The third-order valence-corrected chi connectivity index (χ3v) is 7.18. The van der Waals surface area contributed by atoms with Crippen molar-refractivity contribution in [2.75, 3.05) is 5.32 Å². The largest absolute Gasteiger partial charge is 0.457 e. The Balaban J connectivity index is 1.59. The molecule has 9 nitrogen and oxygen atoms in total. The van der Waals surface area contributed by atoms with Gasteiger partial charge in [0.15, 0.2) is 0 Å². The smallest absolute Gasteiger partial charge is 0.288 e. The molecule has 1 unspecified atom stereocenters. The number of nitrogens with zero attached hydrogens (tertiary/aromatic N) is 2. The van der Waals surface area contributed by atoms with E-state index in [1.807, 2.05) is 6.07 Å². The Labute approximate surface area is 208 Å². The molecule has 2 aromatic heterocycles. The molecule has 3 aromatic rings. The van der Waals surface area contributed by atoms with E-state index < -0.39 is 16.7 Å². The number of amides is 2. The first-order valence-corrected chi connectivity index (χ1v) is 11.8. The van der Waals surface area contributed by atoms with E-state index in [0.29, 0.717) is 34.2 Å². The summed E-state index contributed by atoms with van der Waals surface area (Å²) < 4.78 is 5.67. The molecule has 0 bridgehead atoms. The van der Waals surface area contributed by atoms with Crippen LogP contribution in [0.5, 0.6) is 0 Å². The Morgan fingerprint density at radius 1 is 1.37 bits per heavy atom. The zero-order valence-corrected chi connectivity index (χ0v) is 20.0. The second-order valence-electron chi connectivity index (χ2n) is 8.17. The van der Waals surface area contributed by atoms with Crippen LogP contribution in [0.4, 0.5) is 10.7 Å². The molecule has 1 aliphatic carbocycles.